The van der Waals surface area contributed by atoms with E-state index in [0.717, 1.165) is 0 Å². The quantitative estimate of drug-likeness (QED) is 0.760. The van der Waals surface area contributed by atoms with Crippen molar-refractivity contribution in [2.75, 3.05) is 0 Å². The second-order valence-corrected chi connectivity index (χ2v) is 4.89. The highest BCUT2D eigenvalue weighted by Crippen LogP contribution is 2.40. The summed E-state index contributed by atoms with van der Waals surface area (Å²) in [7, 11) is 0. The van der Waals surface area contributed by atoms with E-state index >= 15 is 0 Å². The van der Waals surface area contributed by atoms with E-state index in [-0.39, 0.29) is 11.8 Å². The SMILES string of the molecule is CC(O)(C1C=CC=C1)C(C)(O)C1C=CC=C1. The third kappa shape index (κ3) is 1.58. The van der Waals surface area contributed by atoms with Crippen LogP contribution in [0.5, 0.6) is 0 Å². The maximum absolute atomic E-state index is 10.6. The van der Waals surface area contributed by atoms with E-state index in [9.17, 15) is 10.2 Å². The van der Waals surface area contributed by atoms with Crippen LogP contribution >= 0.6 is 0 Å². The highest BCUT2D eigenvalue weighted by Gasteiger charge is 2.49. The Bertz CT molecular complexity index is 322. The summed E-state index contributed by atoms with van der Waals surface area (Å²) in [4.78, 5) is 0. The Balaban J connectivity index is 2.27. The first-order chi connectivity index (χ1) is 7.46. The van der Waals surface area contributed by atoms with Gasteiger partial charge in [0.05, 0.1) is 0 Å². The summed E-state index contributed by atoms with van der Waals surface area (Å²) in [5.74, 6) is -0.269. The maximum Gasteiger partial charge on any atom is 0.101 e. The van der Waals surface area contributed by atoms with Crippen LogP contribution in [-0.4, -0.2) is 21.4 Å². The molecule has 2 aliphatic rings. The molecule has 0 saturated heterocycles. The number of aliphatic hydroxyl groups is 2. The van der Waals surface area contributed by atoms with Gasteiger partial charge in [0.15, 0.2) is 0 Å². The van der Waals surface area contributed by atoms with E-state index in [4.69, 9.17) is 0 Å². The molecule has 2 aliphatic carbocycles. The fourth-order valence-corrected chi connectivity index (χ4v) is 2.29. The Kier molecular flexibility index (Phi) is 2.64. The Morgan fingerprint density at radius 3 is 1.19 bits per heavy atom. The molecule has 2 unspecified atom stereocenters. The summed E-state index contributed by atoms with van der Waals surface area (Å²) in [5, 5.41) is 21.2. The van der Waals surface area contributed by atoms with Crippen LogP contribution in [0.25, 0.3) is 0 Å². The topological polar surface area (TPSA) is 40.5 Å². The fraction of sp³-hybridized carbons (Fsp3) is 0.429. The van der Waals surface area contributed by atoms with E-state index in [0.29, 0.717) is 0 Å². The van der Waals surface area contributed by atoms with Crippen molar-refractivity contribution in [1.82, 2.24) is 0 Å². The molecule has 0 aliphatic heterocycles. The van der Waals surface area contributed by atoms with Gasteiger partial charge in [-0.2, -0.15) is 0 Å². The molecular weight excluding hydrogens is 200 g/mol. The minimum atomic E-state index is -1.18. The summed E-state index contributed by atoms with van der Waals surface area (Å²) >= 11 is 0. The minimum absolute atomic E-state index is 0.134. The van der Waals surface area contributed by atoms with Gasteiger partial charge in [-0.25, -0.2) is 0 Å². The predicted molar refractivity (Wildman–Crippen MR) is 64.8 cm³/mol. The van der Waals surface area contributed by atoms with Gasteiger partial charge in [-0.15, -0.1) is 0 Å². The largest absolute Gasteiger partial charge is 0.386 e. The van der Waals surface area contributed by atoms with Gasteiger partial charge in [-0.3, -0.25) is 0 Å². The van der Waals surface area contributed by atoms with Gasteiger partial charge in [0, 0.05) is 11.8 Å². The van der Waals surface area contributed by atoms with Crippen molar-refractivity contribution in [2.24, 2.45) is 11.8 Å². The number of rotatable bonds is 3. The van der Waals surface area contributed by atoms with Gasteiger partial charge in [0.25, 0.3) is 0 Å². The van der Waals surface area contributed by atoms with Crippen molar-refractivity contribution in [2.45, 2.75) is 25.0 Å². The van der Waals surface area contributed by atoms with E-state index in [1.165, 1.54) is 0 Å². The molecule has 0 aromatic carbocycles. The summed E-state index contributed by atoms with van der Waals surface area (Å²) in [6.07, 6.45) is 15.2. The van der Waals surface area contributed by atoms with Crippen LogP contribution in [0.4, 0.5) is 0 Å². The summed E-state index contributed by atoms with van der Waals surface area (Å²) in [5.41, 5.74) is -2.36. The van der Waals surface area contributed by atoms with E-state index < -0.39 is 11.2 Å². The van der Waals surface area contributed by atoms with Gasteiger partial charge in [0.2, 0.25) is 0 Å². The van der Waals surface area contributed by atoms with Gasteiger partial charge in [-0.05, 0) is 13.8 Å². The molecule has 0 aromatic heterocycles. The lowest BCUT2D eigenvalue weighted by Gasteiger charge is -2.44. The minimum Gasteiger partial charge on any atom is -0.386 e. The molecule has 2 nitrogen and oxygen atoms in total. The van der Waals surface area contributed by atoms with Crippen molar-refractivity contribution in [1.29, 1.82) is 0 Å². The van der Waals surface area contributed by atoms with Gasteiger partial charge >= 0.3 is 0 Å². The third-order valence-electron chi connectivity index (χ3n) is 3.82. The second kappa shape index (κ2) is 3.72. The second-order valence-electron chi connectivity index (χ2n) is 4.89. The lowest BCUT2D eigenvalue weighted by Crippen LogP contribution is -2.57. The molecule has 0 aromatic rings. The molecule has 0 saturated carbocycles. The molecule has 0 spiro atoms. The van der Waals surface area contributed by atoms with Crippen LogP contribution < -0.4 is 0 Å². The van der Waals surface area contributed by atoms with E-state index in [1.54, 1.807) is 13.8 Å². The highest BCUT2D eigenvalue weighted by atomic mass is 16.4. The first kappa shape index (κ1) is 11.4. The van der Waals surface area contributed by atoms with Crippen LogP contribution in [0.1, 0.15) is 13.8 Å². The molecule has 2 atom stereocenters. The smallest absolute Gasteiger partial charge is 0.101 e. The number of allylic oxidation sites excluding steroid dienone is 4. The zero-order valence-corrected chi connectivity index (χ0v) is 9.67. The number of hydrogen-bond donors (Lipinski definition) is 2. The van der Waals surface area contributed by atoms with Crippen molar-refractivity contribution < 1.29 is 10.2 Å². The van der Waals surface area contributed by atoms with Crippen LogP contribution in [-0.2, 0) is 0 Å². The maximum atomic E-state index is 10.6. The van der Waals surface area contributed by atoms with Crippen molar-refractivity contribution in [3.05, 3.63) is 48.6 Å². The lowest BCUT2D eigenvalue weighted by atomic mass is 9.70. The third-order valence-corrected chi connectivity index (χ3v) is 3.82. The molecule has 0 amide bonds. The van der Waals surface area contributed by atoms with Gasteiger partial charge in [-0.1, -0.05) is 48.6 Å². The van der Waals surface area contributed by atoms with Crippen LogP contribution in [0, 0.1) is 11.8 Å². The standard InChI is InChI=1S/C14H18O2/c1-13(15,11-7-3-4-8-11)14(2,16)12-9-5-6-10-12/h3-12,15-16H,1-2H3. The molecule has 0 fully saturated rings. The molecule has 16 heavy (non-hydrogen) atoms. The molecule has 0 radical (unpaired) electrons. The zero-order valence-electron chi connectivity index (χ0n) is 9.67. The molecule has 86 valence electrons. The van der Waals surface area contributed by atoms with E-state index in [1.807, 2.05) is 48.6 Å². The first-order valence-corrected chi connectivity index (χ1v) is 5.61. The Labute approximate surface area is 96.3 Å². The number of hydrogen-bond acceptors (Lipinski definition) is 2. The molecule has 0 bridgehead atoms. The van der Waals surface area contributed by atoms with Crippen LogP contribution in [0.2, 0.25) is 0 Å². The Morgan fingerprint density at radius 2 is 0.938 bits per heavy atom. The average molecular weight is 218 g/mol. The fourth-order valence-electron chi connectivity index (χ4n) is 2.29. The van der Waals surface area contributed by atoms with Crippen molar-refractivity contribution in [3.8, 4) is 0 Å². The molecular formula is C14H18O2. The van der Waals surface area contributed by atoms with Crippen LogP contribution in [0.3, 0.4) is 0 Å². The van der Waals surface area contributed by atoms with Crippen LogP contribution in [0.15, 0.2) is 48.6 Å². The van der Waals surface area contributed by atoms with Crippen molar-refractivity contribution >= 4 is 0 Å². The summed E-state index contributed by atoms with van der Waals surface area (Å²) < 4.78 is 0. The normalized spacial score (nSPS) is 27.5. The molecule has 2 rings (SSSR count). The monoisotopic (exact) mass is 218 g/mol. The molecule has 0 heterocycles. The Hall–Kier alpha value is -1.12. The summed E-state index contributed by atoms with van der Waals surface area (Å²) in [6.45, 7) is 3.38. The molecule has 2 N–H and O–H groups in total. The van der Waals surface area contributed by atoms with E-state index in [2.05, 4.69) is 0 Å². The Morgan fingerprint density at radius 1 is 0.688 bits per heavy atom. The zero-order chi connectivity index (χ0) is 11.8. The molecule has 2 heteroatoms. The lowest BCUT2D eigenvalue weighted by molar-refractivity contribution is -0.156. The highest BCUT2D eigenvalue weighted by molar-refractivity contribution is 5.29. The predicted octanol–water partition coefficient (Wildman–Crippen LogP) is 1.97. The average Bonchev–Trinajstić information content (AvgIpc) is 2.91. The first-order valence-electron chi connectivity index (χ1n) is 5.61. The van der Waals surface area contributed by atoms with Gasteiger partial charge in [0.1, 0.15) is 11.2 Å². The van der Waals surface area contributed by atoms with Crippen molar-refractivity contribution in [3.63, 3.8) is 0 Å². The summed E-state index contributed by atoms with van der Waals surface area (Å²) in [6, 6.07) is 0. The van der Waals surface area contributed by atoms with Gasteiger partial charge < -0.3 is 10.2 Å².